The molecule has 0 aliphatic heterocycles. The molecule has 0 unspecified atom stereocenters. The van der Waals surface area contributed by atoms with Crippen LogP contribution < -0.4 is 5.32 Å². The normalized spacial score (nSPS) is 11.5. The number of halogens is 4. The average molecular weight is 325 g/mol. The molecule has 0 bridgehead atoms. The lowest BCUT2D eigenvalue weighted by molar-refractivity contribution is -0.137. The molecule has 3 aromatic heterocycles. The third-order valence-corrected chi connectivity index (χ3v) is 2.72. The number of hydrogen-bond donors (Lipinski definition) is 1. The molecule has 0 aromatic carbocycles. The van der Waals surface area contributed by atoms with Crippen LogP contribution in [0, 0.1) is 5.82 Å². The van der Waals surface area contributed by atoms with E-state index in [1.807, 2.05) is 0 Å². The Morgan fingerprint density at radius 2 is 1.91 bits per heavy atom. The van der Waals surface area contributed by atoms with Crippen molar-refractivity contribution in [2.24, 2.45) is 0 Å². The molecule has 0 amide bonds. The Kier molecular flexibility index (Phi) is 3.64. The second-order valence-corrected chi connectivity index (χ2v) is 4.31. The maximum absolute atomic E-state index is 13.6. The summed E-state index contributed by atoms with van der Waals surface area (Å²) in [4.78, 5) is 11.3. The summed E-state index contributed by atoms with van der Waals surface area (Å²) in [6, 6.07) is 3.93. The van der Waals surface area contributed by atoms with E-state index in [0.29, 0.717) is 0 Å². The minimum Gasteiger partial charge on any atom is -0.315 e. The van der Waals surface area contributed by atoms with Crippen molar-refractivity contribution in [2.45, 2.75) is 6.18 Å². The Balaban J connectivity index is 1.84. The maximum Gasteiger partial charge on any atom is 0.416 e. The van der Waals surface area contributed by atoms with Crippen molar-refractivity contribution < 1.29 is 22.1 Å². The van der Waals surface area contributed by atoms with Gasteiger partial charge in [-0.15, -0.1) is 0 Å². The van der Waals surface area contributed by atoms with Crippen LogP contribution in [0.1, 0.15) is 5.56 Å². The molecule has 23 heavy (non-hydrogen) atoms. The van der Waals surface area contributed by atoms with Gasteiger partial charge in [0, 0.05) is 12.4 Å². The maximum atomic E-state index is 13.6. The molecule has 0 radical (unpaired) electrons. The van der Waals surface area contributed by atoms with Crippen LogP contribution in [0.15, 0.2) is 41.2 Å². The first-order valence-electron chi connectivity index (χ1n) is 6.18. The van der Waals surface area contributed by atoms with Crippen LogP contribution in [0.4, 0.5) is 29.4 Å². The number of nitrogens with zero attached hydrogens (tertiary/aromatic N) is 4. The molecule has 0 saturated heterocycles. The first-order chi connectivity index (χ1) is 10.9. The summed E-state index contributed by atoms with van der Waals surface area (Å²) in [6.45, 7) is 0. The van der Waals surface area contributed by atoms with Crippen LogP contribution in [0.25, 0.3) is 11.5 Å². The molecular formula is C13H7F4N5O. The van der Waals surface area contributed by atoms with Gasteiger partial charge in [0.1, 0.15) is 11.5 Å². The van der Waals surface area contributed by atoms with E-state index >= 15 is 0 Å². The Morgan fingerprint density at radius 3 is 2.65 bits per heavy atom. The molecule has 0 saturated carbocycles. The zero-order valence-corrected chi connectivity index (χ0v) is 11.2. The number of aromatic nitrogens is 4. The van der Waals surface area contributed by atoms with Gasteiger partial charge in [-0.2, -0.15) is 18.2 Å². The standard InChI is InChI=1S/C13H7F4N5O/c14-8-2-1-4-19-10(8)11-21-12(23-22-11)20-9-6-7(3-5-18-9)13(15,16)17/h1-6H,(H,18,20,21,22). The molecule has 3 rings (SSSR count). The second-order valence-electron chi connectivity index (χ2n) is 4.31. The van der Waals surface area contributed by atoms with E-state index < -0.39 is 17.6 Å². The molecule has 0 aliphatic rings. The van der Waals surface area contributed by atoms with Gasteiger partial charge in [-0.3, -0.25) is 5.32 Å². The van der Waals surface area contributed by atoms with E-state index in [2.05, 4.69) is 25.4 Å². The van der Waals surface area contributed by atoms with E-state index in [1.165, 1.54) is 18.3 Å². The van der Waals surface area contributed by atoms with Crippen LogP contribution in [0.3, 0.4) is 0 Å². The van der Waals surface area contributed by atoms with Gasteiger partial charge in [0.05, 0.1) is 5.56 Å². The number of hydrogen-bond acceptors (Lipinski definition) is 6. The summed E-state index contributed by atoms with van der Waals surface area (Å²) in [5.41, 5.74) is -1.02. The zero-order chi connectivity index (χ0) is 16.4. The van der Waals surface area contributed by atoms with Crippen molar-refractivity contribution in [1.82, 2.24) is 20.1 Å². The predicted octanol–water partition coefficient (Wildman–Crippen LogP) is 3.43. The fraction of sp³-hybridized carbons (Fsp3) is 0.0769. The predicted molar refractivity (Wildman–Crippen MR) is 70.0 cm³/mol. The SMILES string of the molecule is Fc1cccnc1-c1noc(Nc2cc(C(F)(F)F)ccn2)n1. The highest BCUT2D eigenvalue weighted by Crippen LogP contribution is 2.30. The van der Waals surface area contributed by atoms with Gasteiger partial charge < -0.3 is 4.52 Å². The average Bonchev–Trinajstić information content (AvgIpc) is 2.95. The van der Waals surface area contributed by atoms with Crippen LogP contribution in [0.2, 0.25) is 0 Å². The van der Waals surface area contributed by atoms with E-state index in [4.69, 9.17) is 4.52 Å². The lowest BCUT2D eigenvalue weighted by Gasteiger charge is -2.07. The van der Waals surface area contributed by atoms with E-state index in [-0.39, 0.29) is 23.4 Å². The first-order valence-corrected chi connectivity index (χ1v) is 6.18. The number of anilines is 2. The highest BCUT2D eigenvalue weighted by molar-refractivity contribution is 5.53. The number of pyridine rings is 2. The summed E-state index contributed by atoms with van der Waals surface area (Å²) in [6.07, 6.45) is -2.17. The lowest BCUT2D eigenvalue weighted by Crippen LogP contribution is -2.06. The van der Waals surface area contributed by atoms with Gasteiger partial charge in [0.15, 0.2) is 5.82 Å². The molecule has 118 valence electrons. The smallest absolute Gasteiger partial charge is 0.315 e. The third kappa shape index (κ3) is 3.25. The topological polar surface area (TPSA) is 76.7 Å². The van der Waals surface area contributed by atoms with Crippen LogP contribution in [0.5, 0.6) is 0 Å². The summed E-state index contributed by atoms with van der Waals surface area (Å²) in [5, 5.41) is 5.94. The Morgan fingerprint density at radius 1 is 1.09 bits per heavy atom. The first kappa shape index (κ1) is 14.9. The number of alkyl halides is 3. The molecular weight excluding hydrogens is 318 g/mol. The third-order valence-electron chi connectivity index (χ3n) is 2.72. The molecule has 6 nitrogen and oxygen atoms in total. The Hall–Kier alpha value is -3.04. The van der Waals surface area contributed by atoms with Crippen molar-refractivity contribution >= 4 is 11.8 Å². The zero-order valence-electron chi connectivity index (χ0n) is 11.2. The van der Waals surface area contributed by atoms with E-state index in [0.717, 1.165) is 18.3 Å². The van der Waals surface area contributed by atoms with Crippen molar-refractivity contribution in [3.63, 3.8) is 0 Å². The Labute approximate surface area is 126 Å². The highest BCUT2D eigenvalue weighted by atomic mass is 19.4. The highest BCUT2D eigenvalue weighted by Gasteiger charge is 2.30. The van der Waals surface area contributed by atoms with Crippen molar-refractivity contribution in [1.29, 1.82) is 0 Å². The number of rotatable bonds is 3. The second kappa shape index (κ2) is 5.63. The van der Waals surface area contributed by atoms with Crippen LogP contribution in [-0.4, -0.2) is 20.1 Å². The summed E-state index contributed by atoms with van der Waals surface area (Å²) in [7, 11) is 0. The van der Waals surface area contributed by atoms with Crippen molar-refractivity contribution in [3.8, 4) is 11.5 Å². The largest absolute Gasteiger partial charge is 0.416 e. The molecule has 1 N–H and O–H groups in total. The lowest BCUT2D eigenvalue weighted by atomic mass is 10.2. The molecule has 0 fully saturated rings. The fourth-order valence-corrected chi connectivity index (χ4v) is 1.71. The minimum absolute atomic E-state index is 0.138. The fourth-order valence-electron chi connectivity index (χ4n) is 1.71. The monoisotopic (exact) mass is 325 g/mol. The van der Waals surface area contributed by atoms with Gasteiger partial charge in [0.2, 0.25) is 5.82 Å². The van der Waals surface area contributed by atoms with Crippen molar-refractivity contribution in [3.05, 3.63) is 48.0 Å². The molecule has 0 spiro atoms. The van der Waals surface area contributed by atoms with Gasteiger partial charge >= 0.3 is 12.2 Å². The van der Waals surface area contributed by atoms with Crippen molar-refractivity contribution in [2.75, 3.05) is 5.32 Å². The van der Waals surface area contributed by atoms with Gasteiger partial charge in [-0.25, -0.2) is 14.4 Å². The number of nitrogens with one attached hydrogen (secondary N) is 1. The van der Waals surface area contributed by atoms with Crippen LogP contribution in [-0.2, 0) is 6.18 Å². The Bertz CT molecular complexity index is 833. The molecule has 3 aromatic rings. The summed E-state index contributed by atoms with van der Waals surface area (Å²) in [5.74, 6) is -0.939. The van der Waals surface area contributed by atoms with Gasteiger partial charge in [0.25, 0.3) is 0 Å². The minimum atomic E-state index is -4.50. The molecule has 3 heterocycles. The van der Waals surface area contributed by atoms with E-state index in [9.17, 15) is 17.6 Å². The van der Waals surface area contributed by atoms with E-state index in [1.54, 1.807) is 0 Å². The van der Waals surface area contributed by atoms with Gasteiger partial charge in [-0.1, -0.05) is 5.16 Å². The molecule has 0 aliphatic carbocycles. The van der Waals surface area contributed by atoms with Gasteiger partial charge in [-0.05, 0) is 24.3 Å². The molecule has 10 heteroatoms. The summed E-state index contributed by atoms with van der Waals surface area (Å²) < 4.78 is 56.2. The quantitative estimate of drug-likeness (QED) is 0.744. The molecule has 0 atom stereocenters. The van der Waals surface area contributed by atoms with Crippen LogP contribution >= 0.6 is 0 Å². The summed E-state index contributed by atoms with van der Waals surface area (Å²) >= 11 is 0.